The second-order valence-corrected chi connectivity index (χ2v) is 7.57. The smallest absolute Gasteiger partial charge is 0.267 e. The Morgan fingerprint density at radius 1 is 1.16 bits per heavy atom. The summed E-state index contributed by atoms with van der Waals surface area (Å²) in [6.45, 7) is 1.78. The first-order chi connectivity index (χ1) is 11.8. The van der Waals surface area contributed by atoms with Gasteiger partial charge in [-0.25, -0.2) is 12.8 Å². The van der Waals surface area contributed by atoms with Gasteiger partial charge < -0.3 is 4.98 Å². The van der Waals surface area contributed by atoms with E-state index in [1.807, 2.05) is 0 Å². The molecule has 0 aliphatic carbocycles. The van der Waals surface area contributed by atoms with Crippen LogP contribution in [0, 0.1) is 24.1 Å². The Hall–Kier alpha value is -2.98. The molecule has 25 heavy (non-hydrogen) atoms. The number of fused-ring (bicyclic) bond motifs is 1. The van der Waals surface area contributed by atoms with Gasteiger partial charge in [0.1, 0.15) is 22.5 Å². The van der Waals surface area contributed by atoms with E-state index in [2.05, 4.69) is 4.98 Å². The van der Waals surface area contributed by atoms with Crippen LogP contribution in [0.25, 0.3) is 10.8 Å². The second-order valence-electron chi connectivity index (χ2n) is 5.65. The zero-order valence-electron chi connectivity index (χ0n) is 13.2. The number of nitriles is 1. The van der Waals surface area contributed by atoms with Crippen molar-refractivity contribution in [2.75, 3.05) is 0 Å². The highest BCUT2D eigenvalue weighted by Gasteiger charge is 2.23. The number of aryl methyl sites for hydroxylation is 1. The zero-order chi connectivity index (χ0) is 18.2. The monoisotopic (exact) mass is 356 g/mol. The maximum absolute atomic E-state index is 13.7. The number of nitrogens with zero attached hydrogens (tertiary/aromatic N) is 1. The molecule has 0 saturated carbocycles. The molecule has 0 aliphatic rings. The van der Waals surface area contributed by atoms with Crippen molar-refractivity contribution < 1.29 is 12.8 Å². The fourth-order valence-electron chi connectivity index (χ4n) is 2.68. The number of hydrogen-bond donors (Lipinski definition) is 1. The quantitative estimate of drug-likeness (QED) is 0.781. The number of halogens is 1. The normalized spacial score (nSPS) is 11.4. The van der Waals surface area contributed by atoms with E-state index < -0.39 is 21.2 Å². The molecule has 0 radical (unpaired) electrons. The van der Waals surface area contributed by atoms with Gasteiger partial charge in [-0.2, -0.15) is 5.26 Å². The van der Waals surface area contributed by atoms with Crippen molar-refractivity contribution in [3.63, 3.8) is 0 Å². The highest BCUT2D eigenvalue weighted by Crippen LogP contribution is 2.26. The Morgan fingerprint density at radius 3 is 2.56 bits per heavy atom. The molecule has 2 aromatic carbocycles. The topological polar surface area (TPSA) is 90.8 Å². The van der Waals surface area contributed by atoms with E-state index in [0.717, 1.165) is 17.7 Å². The summed E-state index contributed by atoms with van der Waals surface area (Å²) in [6.07, 6.45) is 0. The van der Waals surface area contributed by atoms with Gasteiger partial charge in [0.15, 0.2) is 9.84 Å². The molecule has 0 spiro atoms. The lowest BCUT2D eigenvalue weighted by Gasteiger charge is -2.10. The third-order valence-electron chi connectivity index (χ3n) is 3.98. The molecular weight excluding hydrogens is 343 g/mol. The Bertz CT molecular complexity index is 1190. The van der Waals surface area contributed by atoms with Crippen LogP contribution in [0.5, 0.6) is 0 Å². The molecule has 126 valence electrons. The Labute approximate surface area is 143 Å². The number of nitrogens with one attached hydrogen (secondary N) is 1. The first-order valence-corrected chi connectivity index (χ1v) is 9.01. The summed E-state index contributed by atoms with van der Waals surface area (Å²) in [5, 5.41) is 8.86. The molecule has 0 fully saturated rings. The van der Waals surface area contributed by atoms with Crippen LogP contribution in [0.4, 0.5) is 4.39 Å². The molecule has 1 heterocycles. The van der Waals surface area contributed by atoms with E-state index in [4.69, 9.17) is 5.26 Å². The molecular formula is C18H13FN2O3S. The van der Waals surface area contributed by atoms with Crippen LogP contribution in [-0.2, 0) is 15.6 Å². The average Bonchev–Trinajstić information content (AvgIpc) is 2.56. The molecule has 0 saturated heterocycles. The summed E-state index contributed by atoms with van der Waals surface area (Å²) in [6, 6.07) is 12.0. The first kappa shape index (κ1) is 16.9. The molecule has 1 N–H and O–H groups in total. The summed E-state index contributed by atoms with van der Waals surface area (Å²) < 4.78 is 39.4. The lowest BCUT2D eigenvalue weighted by Crippen LogP contribution is -2.18. The third-order valence-corrected chi connectivity index (χ3v) is 5.61. The van der Waals surface area contributed by atoms with E-state index in [-0.39, 0.29) is 27.1 Å². The molecule has 3 aromatic rings. The Kier molecular flexibility index (Phi) is 4.15. The van der Waals surface area contributed by atoms with Gasteiger partial charge >= 0.3 is 0 Å². The Balaban J connectivity index is 2.28. The summed E-state index contributed by atoms with van der Waals surface area (Å²) >= 11 is 0. The van der Waals surface area contributed by atoms with Crippen molar-refractivity contribution in [3.05, 3.63) is 75.3 Å². The molecule has 3 rings (SSSR count). The lowest BCUT2D eigenvalue weighted by atomic mass is 10.1. The number of benzene rings is 2. The minimum Gasteiger partial charge on any atom is -0.311 e. The minimum atomic E-state index is -3.96. The third kappa shape index (κ3) is 3.04. The minimum absolute atomic E-state index is 0.00951. The van der Waals surface area contributed by atoms with Crippen LogP contribution in [0.1, 0.15) is 16.7 Å². The predicted molar refractivity (Wildman–Crippen MR) is 91.3 cm³/mol. The number of sulfone groups is 1. The molecule has 0 bridgehead atoms. The van der Waals surface area contributed by atoms with E-state index >= 15 is 0 Å². The summed E-state index contributed by atoms with van der Waals surface area (Å²) in [5.74, 6) is -0.997. The van der Waals surface area contributed by atoms with E-state index in [9.17, 15) is 17.6 Å². The van der Waals surface area contributed by atoms with Gasteiger partial charge in [-0.1, -0.05) is 24.3 Å². The summed E-state index contributed by atoms with van der Waals surface area (Å²) in [7, 11) is -3.96. The molecule has 0 atom stereocenters. The average molecular weight is 356 g/mol. The van der Waals surface area contributed by atoms with Crippen molar-refractivity contribution in [1.82, 2.24) is 4.98 Å². The standard InChI is InChI=1S/C18H13FN2O3S/c1-11-4-2-3-5-12(11)10-25(23,24)18-15-8-13(19)6-7-14(15)16(9-20)17(22)21-18/h2-8H,10H2,1H3,(H,21,22). The zero-order valence-corrected chi connectivity index (χ0v) is 14.0. The molecule has 1 aromatic heterocycles. The van der Waals surface area contributed by atoms with Gasteiger partial charge in [-0.3, -0.25) is 4.79 Å². The number of rotatable bonds is 3. The maximum Gasteiger partial charge on any atom is 0.267 e. The molecule has 0 aliphatic heterocycles. The van der Waals surface area contributed by atoms with Gasteiger partial charge in [0.05, 0.1) is 5.75 Å². The van der Waals surface area contributed by atoms with Gasteiger partial charge in [0.25, 0.3) is 5.56 Å². The largest absolute Gasteiger partial charge is 0.311 e. The lowest BCUT2D eigenvalue weighted by molar-refractivity contribution is 0.592. The van der Waals surface area contributed by atoms with E-state index in [1.54, 1.807) is 37.3 Å². The fourth-order valence-corrected chi connectivity index (χ4v) is 4.31. The highest BCUT2D eigenvalue weighted by molar-refractivity contribution is 7.90. The predicted octanol–water partition coefficient (Wildman–Crippen LogP) is 2.82. The van der Waals surface area contributed by atoms with Crippen LogP contribution >= 0.6 is 0 Å². The van der Waals surface area contributed by atoms with Crippen molar-refractivity contribution >= 4 is 20.6 Å². The molecule has 0 unspecified atom stereocenters. The van der Waals surface area contributed by atoms with E-state index in [0.29, 0.717) is 5.56 Å². The maximum atomic E-state index is 13.7. The van der Waals surface area contributed by atoms with Crippen molar-refractivity contribution in [3.8, 4) is 6.07 Å². The highest BCUT2D eigenvalue weighted by atomic mass is 32.2. The summed E-state index contributed by atoms with van der Waals surface area (Å²) in [4.78, 5) is 14.3. The van der Waals surface area contributed by atoms with Crippen LogP contribution < -0.4 is 5.56 Å². The molecule has 7 heteroatoms. The Morgan fingerprint density at radius 2 is 1.88 bits per heavy atom. The SMILES string of the molecule is Cc1ccccc1CS(=O)(=O)c1[nH]c(=O)c(C#N)c2ccc(F)cc12. The van der Waals surface area contributed by atoms with Crippen LogP contribution in [0.2, 0.25) is 0 Å². The summed E-state index contributed by atoms with van der Waals surface area (Å²) in [5.41, 5.74) is 0.310. The first-order valence-electron chi connectivity index (χ1n) is 7.36. The second kappa shape index (κ2) is 6.15. The van der Waals surface area contributed by atoms with Crippen LogP contribution in [-0.4, -0.2) is 13.4 Å². The van der Waals surface area contributed by atoms with Gasteiger partial charge in [0, 0.05) is 10.8 Å². The van der Waals surface area contributed by atoms with Crippen molar-refractivity contribution in [2.45, 2.75) is 17.7 Å². The van der Waals surface area contributed by atoms with Gasteiger partial charge in [-0.05, 0) is 36.2 Å². The van der Waals surface area contributed by atoms with Crippen molar-refractivity contribution in [1.29, 1.82) is 5.26 Å². The number of aromatic amines is 1. The van der Waals surface area contributed by atoms with Crippen LogP contribution in [0.15, 0.2) is 52.3 Å². The molecule has 0 amide bonds. The number of hydrogen-bond acceptors (Lipinski definition) is 4. The van der Waals surface area contributed by atoms with E-state index in [1.165, 1.54) is 6.07 Å². The van der Waals surface area contributed by atoms with Crippen molar-refractivity contribution in [2.24, 2.45) is 0 Å². The fraction of sp³-hybridized carbons (Fsp3) is 0.111. The number of aromatic nitrogens is 1. The number of pyridine rings is 1. The molecule has 5 nitrogen and oxygen atoms in total. The van der Waals surface area contributed by atoms with Gasteiger partial charge in [-0.15, -0.1) is 0 Å². The van der Waals surface area contributed by atoms with Crippen LogP contribution in [0.3, 0.4) is 0 Å². The number of H-pyrrole nitrogens is 1. The van der Waals surface area contributed by atoms with Gasteiger partial charge in [0.2, 0.25) is 0 Å².